The average Bonchev–Trinajstić information content (AvgIpc) is 3.07. The summed E-state index contributed by atoms with van der Waals surface area (Å²) in [7, 11) is 0. The van der Waals surface area contributed by atoms with Crippen molar-refractivity contribution in [2.24, 2.45) is 0 Å². The van der Waals surface area contributed by atoms with Gasteiger partial charge in [-0.2, -0.15) is 0 Å². The molecule has 0 aliphatic carbocycles. The molecule has 0 aromatic heterocycles. The van der Waals surface area contributed by atoms with Crippen LogP contribution in [0.15, 0.2) is 84.9 Å². The normalized spacial score (nSPS) is 13.0. The van der Waals surface area contributed by atoms with Gasteiger partial charge >= 0.3 is 11.7 Å². The number of amides is 5. The number of aliphatic carboxylic acids is 1. The van der Waals surface area contributed by atoms with Gasteiger partial charge in [0.2, 0.25) is 29.5 Å². The van der Waals surface area contributed by atoms with Crippen LogP contribution in [0, 0.1) is 4.91 Å². The second-order valence-corrected chi connectivity index (χ2v) is 11.2. The Kier molecular flexibility index (Phi) is 13.9. The van der Waals surface area contributed by atoms with Crippen molar-refractivity contribution in [1.29, 1.82) is 0 Å². The van der Waals surface area contributed by atoms with Crippen molar-refractivity contribution < 1.29 is 44.0 Å². The Balaban J connectivity index is 1.64. The first kappa shape index (κ1) is 37.3. The highest BCUT2D eigenvalue weighted by Crippen LogP contribution is 2.16. The van der Waals surface area contributed by atoms with Crippen molar-refractivity contribution in [2.45, 2.75) is 63.7 Å². The van der Waals surface area contributed by atoms with E-state index < -0.39 is 66.1 Å². The van der Waals surface area contributed by atoms with Crippen LogP contribution >= 0.6 is 0 Å². The number of carboxylic acids is 1. The van der Waals surface area contributed by atoms with Gasteiger partial charge in [0.1, 0.15) is 24.2 Å². The minimum absolute atomic E-state index is 0.0469. The van der Waals surface area contributed by atoms with E-state index in [9.17, 15) is 33.7 Å². The van der Waals surface area contributed by atoms with Gasteiger partial charge in [0.05, 0.1) is 11.3 Å². The summed E-state index contributed by atoms with van der Waals surface area (Å²) in [5, 5.41) is 30.8. The maximum Gasteiger partial charge on any atom is 0.316 e. The summed E-state index contributed by atoms with van der Waals surface area (Å²) in [4.78, 5) is 86.6. The molecule has 0 radical (unpaired) electrons. The Bertz CT molecular complexity index is 1630. The fourth-order valence-corrected chi connectivity index (χ4v) is 4.59. The van der Waals surface area contributed by atoms with Gasteiger partial charge < -0.3 is 31.7 Å². The van der Waals surface area contributed by atoms with Gasteiger partial charge in [-0.1, -0.05) is 60.7 Å². The lowest BCUT2D eigenvalue weighted by Crippen LogP contribution is -2.57. The third kappa shape index (κ3) is 12.5. The molecule has 7 N–H and O–H groups in total. The molecule has 15 heteroatoms. The van der Waals surface area contributed by atoms with Crippen LogP contribution in [0.1, 0.15) is 37.8 Å². The van der Waals surface area contributed by atoms with E-state index in [0.717, 1.165) is 5.56 Å². The Morgan fingerprint density at radius 3 is 1.57 bits per heavy atom. The first-order valence-corrected chi connectivity index (χ1v) is 15.4. The Morgan fingerprint density at radius 1 is 0.612 bits per heavy atom. The number of hydrogen-bond acceptors (Lipinski definition) is 7. The van der Waals surface area contributed by atoms with E-state index in [-0.39, 0.29) is 29.9 Å². The van der Waals surface area contributed by atoms with Crippen LogP contribution < -0.4 is 26.6 Å². The summed E-state index contributed by atoms with van der Waals surface area (Å²) < 4.78 is 0. The van der Waals surface area contributed by atoms with Gasteiger partial charge in [-0.15, -0.1) is 0 Å². The molecular weight excluding hydrogens is 636 g/mol. The summed E-state index contributed by atoms with van der Waals surface area (Å²) in [6.07, 6.45) is -0.574. The number of carboxylic acid groups (broad SMARTS) is 1. The smallest absolute Gasteiger partial charge is 0.316 e. The molecule has 49 heavy (non-hydrogen) atoms. The van der Waals surface area contributed by atoms with Crippen LogP contribution in [0.2, 0.25) is 0 Å². The van der Waals surface area contributed by atoms with Crippen molar-refractivity contribution in [1.82, 2.24) is 21.3 Å². The SMILES string of the molecule is C[C@H](NC(=O)[C@H](C)NC(=O)[C@H](Cc1ccccc1)NC(=O)CCC(=O)O)C(=O)N[C@@H](Cc1ccccc1)C(=O)Nc1ccc([N+](=O)O)cc1. The third-order valence-corrected chi connectivity index (χ3v) is 7.28. The maximum absolute atomic E-state index is 13.2. The van der Waals surface area contributed by atoms with Crippen LogP contribution in [0.5, 0.6) is 0 Å². The molecule has 0 unspecified atom stereocenters. The number of hydrogen-bond donors (Lipinski definition) is 7. The number of carbonyl (C=O) groups excluding carboxylic acids is 5. The molecule has 0 saturated heterocycles. The molecule has 0 heterocycles. The van der Waals surface area contributed by atoms with Crippen LogP contribution in [-0.4, -0.2) is 74.9 Å². The van der Waals surface area contributed by atoms with Crippen LogP contribution in [0.3, 0.4) is 0 Å². The van der Waals surface area contributed by atoms with E-state index >= 15 is 0 Å². The summed E-state index contributed by atoms with van der Waals surface area (Å²) >= 11 is 0. The highest BCUT2D eigenvalue weighted by Gasteiger charge is 2.28. The molecule has 0 aliphatic heterocycles. The summed E-state index contributed by atoms with van der Waals surface area (Å²) in [5.74, 6) is -4.49. The molecule has 3 aromatic rings. The number of rotatable bonds is 17. The first-order valence-electron chi connectivity index (χ1n) is 15.4. The first-order chi connectivity index (χ1) is 23.3. The minimum atomic E-state index is -1.17. The number of anilines is 1. The highest BCUT2D eigenvalue weighted by atomic mass is 16.6. The standard InChI is InChI=1S/C34H38N6O9/c1-21(36-33(46)27(19-23-9-5-3-6-10-23)38-29(41)17-18-30(42)43)31(44)35-22(2)32(45)39-28(20-24-11-7-4-8-12-24)34(47)37-25-13-15-26(16-14-25)40(48)49/h3-16,21-22,27-28H,17-20H2,1-2H3,(H6-,35,36,37,38,39,41,42,43,44,45,46,47,48,49)/p+1/t21-,22-,27-,28-/m0/s1. The van der Waals surface area contributed by atoms with Gasteiger partial charge in [0, 0.05) is 37.1 Å². The predicted molar refractivity (Wildman–Crippen MR) is 176 cm³/mol. The lowest BCUT2D eigenvalue weighted by molar-refractivity contribution is -0.729. The largest absolute Gasteiger partial charge is 0.481 e. The second-order valence-electron chi connectivity index (χ2n) is 11.2. The molecule has 3 rings (SSSR count). The van der Waals surface area contributed by atoms with E-state index in [1.807, 2.05) is 0 Å². The maximum atomic E-state index is 13.2. The molecule has 0 bridgehead atoms. The van der Waals surface area contributed by atoms with Gasteiger partial charge in [-0.05, 0) is 37.1 Å². The monoisotopic (exact) mass is 675 g/mol. The van der Waals surface area contributed by atoms with Crippen molar-refractivity contribution in [3.63, 3.8) is 0 Å². The van der Waals surface area contributed by atoms with Crippen LogP contribution in [-0.2, 0) is 41.6 Å². The zero-order chi connectivity index (χ0) is 35.9. The zero-order valence-corrected chi connectivity index (χ0v) is 26.9. The molecular formula is C34H39N6O9+. The van der Waals surface area contributed by atoms with Crippen molar-refractivity contribution in [2.75, 3.05) is 5.32 Å². The molecule has 0 saturated carbocycles. The van der Waals surface area contributed by atoms with E-state index in [1.165, 1.54) is 38.1 Å². The fraction of sp³-hybridized carbons (Fsp3) is 0.294. The van der Waals surface area contributed by atoms with Crippen molar-refractivity contribution >= 4 is 46.9 Å². The summed E-state index contributed by atoms with van der Waals surface area (Å²) in [6, 6.07) is 18.6. The van der Waals surface area contributed by atoms with Crippen molar-refractivity contribution in [3.8, 4) is 0 Å². The Morgan fingerprint density at radius 2 is 1.08 bits per heavy atom. The predicted octanol–water partition coefficient (Wildman–Crippen LogP) is 1.75. The van der Waals surface area contributed by atoms with E-state index in [4.69, 9.17) is 10.3 Å². The molecule has 0 fully saturated rings. The number of carbonyl (C=O) groups is 6. The molecule has 5 amide bonds. The van der Waals surface area contributed by atoms with Gasteiger partial charge in [0.15, 0.2) is 0 Å². The average molecular weight is 676 g/mol. The van der Waals surface area contributed by atoms with E-state index in [2.05, 4.69) is 26.6 Å². The van der Waals surface area contributed by atoms with Gasteiger partial charge in [-0.25, -0.2) is 5.21 Å². The lowest BCUT2D eigenvalue weighted by atomic mass is 10.0. The summed E-state index contributed by atoms with van der Waals surface area (Å²) in [6.45, 7) is 2.80. The van der Waals surface area contributed by atoms with Gasteiger partial charge in [0.25, 0.3) is 4.92 Å². The lowest BCUT2D eigenvalue weighted by Gasteiger charge is -2.24. The van der Waals surface area contributed by atoms with E-state index in [1.54, 1.807) is 60.7 Å². The second kappa shape index (κ2) is 18.3. The molecule has 3 aromatic carbocycles. The molecule has 0 spiro atoms. The quantitative estimate of drug-likeness (QED) is 0.103. The summed E-state index contributed by atoms with van der Waals surface area (Å²) in [5.41, 5.74) is 1.72. The molecule has 0 aliphatic rings. The Labute approximate surface area is 282 Å². The molecule has 258 valence electrons. The number of nitrogens with zero attached hydrogens (tertiary/aromatic N) is 1. The molecule has 15 nitrogen and oxygen atoms in total. The zero-order valence-electron chi connectivity index (χ0n) is 26.9. The molecule has 4 atom stereocenters. The third-order valence-electron chi connectivity index (χ3n) is 7.28. The number of benzene rings is 3. The van der Waals surface area contributed by atoms with Crippen molar-refractivity contribution in [3.05, 3.63) is 101 Å². The van der Waals surface area contributed by atoms with Crippen LogP contribution in [0.4, 0.5) is 11.4 Å². The minimum Gasteiger partial charge on any atom is -0.481 e. The topological polar surface area (TPSA) is 223 Å². The fourth-order valence-electron chi connectivity index (χ4n) is 4.59. The Hall–Kier alpha value is -6.12. The van der Waals surface area contributed by atoms with Crippen LogP contribution in [0.25, 0.3) is 0 Å². The highest BCUT2D eigenvalue weighted by molar-refractivity contribution is 5.99. The van der Waals surface area contributed by atoms with Gasteiger partial charge in [-0.3, -0.25) is 28.8 Å². The van der Waals surface area contributed by atoms with E-state index in [0.29, 0.717) is 11.3 Å². The number of nitrogens with one attached hydrogen (secondary N) is 5.